The van der Waals surface area contributed by atoms with Crippen LogP contribution in [0, 0.1) is 0 Å². The zero-order valence-corrected chi connectivity index (χ0v) is 16.8. The highest BCUT2D eigenvalue weighted by atomic mass is 32.2. The molecule has 8 nitrogen and oxygen atoms in total. The van der Waals surface area contributed by atoms with Crippen molar-refractivity contribution in [2.75, 3.05) is 11.5 Å². The minimum Gasteiger partial charge on any atom is -0.350 e. The van der Waals surface area contributed by atoms with Crippen LogP contribution in [0.25, 0.3) is 0 Å². The van der Waals surface area contributed by atoms with Crippen molar-refractivity contribution >= 4 is 27.7 Å². The molecule has 1 aromatic rings. The van der Waals surface area contributed by atoms with Crippen LogP contribution in [0.1, 0.15) is 49.0 Å². The lowest BCUT2D eigenvalue weighted by atomic mass is 9.92. The van der Waals surface area contributed by atoms with Gasteiger partial charge in [-0.25, -0.2) is 13.2 Å². The van der Waals surface area contributed by atoms with Crippen molar-refractivity contribution in [1.82, 2.24) is 15.5 Å². The highest BCUT2D eigenvalue weighted by molar-refractivity contribution is 7.91. The molecule has 4 amide bonds. The topological polar surface area (TPSA) is 113 Å². The molecule has 0 aliphatic carbocycles. The summed E-state index contributed by atoms with van der Waals surface area (Å²) in [7, 11) is -3.15. The number of hydrogen-bond donors (Lipinski definition) is 2. The van der Waals surface area contributed by atoms with Gasteiger partial charge in [0, 0.05) is 11.6 Å². The second-order valence-corrected chi connectivity index (χ2v) is 9.84. The minimum atomic E-state index is -3.15. The summed E-state index contributed by atoms with van der Waals surface area (Å²) in [5.41, 5.74) is 0.109. The monoisotopic (exact) mass is 407 g/mol. The Balaban J connectivity index is 1.68. The summed E-state index contributed by atoms with van der Waals surface area (Å²) in [6, 6.07) is 6.31. The van der Waals surface area contributed by atoms with Crippen molar-refractivity contribution in [3.63, 3.8) is 0 Å². The van der Waals surface area contributed by atoms with E-state index in [1.807, 2.05) is 13.8 Å². The van der Waals surface area contributed by atoms with Crippen LogP contribution in [-0.2, 0) is 21.2 Å². The molecule has 0 radical (unpaired) electrons. The van der Waals surface area contributed by atoms with Gasteiger partial charge in [0.25, 0.3) is 11.8 Å². The van der Waals surface area contributed by atoms with Crippen LogP contribution in [-0.4, -0.2) is 54.2 Å². The molecule has 9 heteroatoms. The van der Waals surface area contributed by atoms with Gasteiger partial charge in [-0.1, -0.05) is 19.1 Å². The summed E-state index contributed by atoms with van der Waals surface area (Å²) in [6.45, 7) is 3.99. The predicted molar refractivity (Wildman–Crippen MR) is 103 cm³/mol. The number of rotatable bonds is 5. The molecular formula is C19H25N3O5S. The maximum atomic E-state index is 12.8. The maximum absolute atomic E-state index is 12.8. The smallest absolute Gasteiger partial charge is 0.325 e. The number of carbonyl (C=O) groups is 3. The highest BCUT2D eigenvalue weighted by Crippen LogP contribution is 2.31. The number of urea groups is 1. The summed E-state index contributed by atoms with van der Waals surface area (Å²) in [5, 5.41) is 5.57. The summed E-state index contributed by atoms with van der Waals surface area (Å²) in [5.74, 6) is -0.760. The Hall–Kier alpha value is -2.42. The van der Waals surface area contributed by atoms with Crippen LogP contribution < -0.4 is 10.6 Å². The molecule has 152 valence electrons. The van der Waals surface area contributed by atoms with Crippen LogP contribution in [0.2, 0.25) is 0 Å². The average Bonchev–Trinajstić information content (AvgIpc) is 2.89. The first-order valence-corrected chi connectivity index (χ1v) is 11.2. The molecule has 2 heterocycles. The molecule has 1 atom stereocenters. The maximum Gasteiger partial charge on any atom is 0.325 e. The molecule has 0 bridgehead atoms. The third-order valence-corrected chi connectivity index (χ3v) is 7.12. The Kier molecular flexibility index (Phi) is 5.47. The van der Waals surface area contributed by atoms with E-state index in [1.54, 1.807) is 24.3 Å². The Morgan fingerprint density at radius 1 is 1.21 bits per heavy atom. The summed E-state index contributed by atoms with van der Waals surface area (Å²) < 4.78 is 23.3. The number of hydrogen-bond acceptors (Lipinski definition) is 5. The van der Waals surface area contributed by atoms with Gasteiger partial charge in [0.1, 0.15) is 5.54 Å². The number of benzene rings is 1. The number of amides is 4. The van der Waals surface area contributed by atoms with Crippen molar-refractivity contribution in [1.29, 1.82) is 0 Å². The summed E-state index contributed by atoms with van der Waals surface area (Å²) in [6.07, 6.45) is 1.04. The van der Waals surface area contributed by atoms with Gasteiger partial charge in [0.15, 0.2) is 9.84 Å². The molecule has 2 aliphatic rings. The molecule has 2 N–H and O–H groups in total. The number of imide groups is 1. The van der Waals surface area contributed by atoms with Gasteiger partial charge in [-0.3, -0.25) is 14.5 Å². The van der Waals surface area contributed by atoms with E-state index in [4.69, 9.17) is 0 Å². The van der Waals surface area contributed by atoms with Crippen LogP contribution in [0.3, 0.4) is 0 Å². The molecule has 2 fully saturated rings. The standard InChI is InChI=1S/C19H25N3O5S/c1-3-13(2)20-16(23)15-6-4-14(5-7-15)12-22-17(24)19(21-18(22)25)8-10-28(26,27)11-9-19/h4-7,13H,3,8-12H2,1-2H3,(H,20,23)(H,21,25). The van der Waals surface area contributed by atoms with E-state index in [1.165, 1.54) is 0 Å². The van der Waals surface area contributed by atoms with Gasteiger partial charge in [-0.2, -0.15) is 0 Å². The molecule has 0 aromatic heterocycles. The van der Waals surface area contributed by atoms with Crippen molar-refractivity contribution in [2.24, 2.45) is 0 Å². The van der Waals surface area contributed by atoms with Crippen LogP contribution in [0.15, 0.2) is 24.3 Å². The van der Waals surface area contributed by atoms with Gasteiger partial charge in [0.2, 0.25) is 0 Å². The Labute approximate surface area is 164 Å². The fraction of sp³-hybridized carbons (Fsp3) is 0.526. The quantitative estimate of drug-likeness (QED) is 0.713. The first-order chi connectivity index (χ1) is 13.2. The number of nitrogens with zero attached hydrogens (tertiary/aromatic N) is 1. The van der Waals surface area contributed by atoms with Gasteiger partial charge < -0.3 is 10.6 Å². The van der Waals surface area contributed by atoms with Crippen molar-refractivity contribution in [2.45, 2.75) is 51.2 Å². The zero-order chi connectivity index (χ0) is 20.5. The van der Waals surface area contributed by atoms with E-state index < -0.39 is 21.4 Å². The number of nitrogens with one attached hydrogen (secondary N) is 2. The predicted octanol–water partition coefficient (Wildman–Crippen LogP) is 1.21. The fourth-order valence-corrected chi connectivity index (χ4v) is 4.92. The third kappa shape index (κ3) is 4.04. The molecule has 2 saturated heterocycles. The van der Waals surface area contributed by atoms with Crippen LogP contribution in [0.4, 0.5) is 4.79 Å². The van der Waals surface area contributed by atoms with Crippen LogP contribution in [0.5, 0.6) is 0 Å². The van der Waals surface area contributed by atoms with E-state index in [0.29, 0.717) is 11.1 Å². The van der Waals surface area contributed by atoms with Crippen molar-refractivity contribution in [3.8, 4) is 0 Å². The third-order valence-electron chi connectivity index (χ3n) is 5.47. The number of sulfone groups is 1. The molecular weight excluding hydrogens is 382 g/mol. The average molecular weight is 407 g/mol. The molecule has 1 aromatic carbocycles. The molecule has 28 heavy (non-hydrogen) atoms. The van der Waals surface area contributed by atoms with E-state index in [2.05, 4.69) is 10.6 Å². The van der Waals surface area contributed by atoms with Crippen molar-refractivity contribution < 1.29 is 22.8 Å². The van der Waals surface area contributed by atoms with E-state index in [0.717, 1.165) is 11.3 Å². The SMILES string of the molecule is CCC(C)NC(=O)c1ccc(CN2C(=O)NC3(CCS(=O)(=O)CC3)C2=O)cc1. The normalized spacial score (nSPS) is 21.4. The molecule has 3 rings (SSSR count). The largest absolute Gasteiger partial charge is 0.350 e. The second kappa shape index (κ2) is 7.54. The molecule has 2 aliphatic heterocycles. The van der Waals surface area contributed by atoms with E-state index in [9.17, 15) is 22.8 Å². The van der Waals surface area contributed by atoms with Gasteiger partial charge >= 0.3 is 6.03 Å². The lowest BCUT2D eigenvalue weighted by Gasteiger charge is -2.30. The fourth-order valence-electron chi connectivity index (χ4n) is 3.40. The first-order valence-electron chi connectivity index (χ1n) is 9.40. The number of carbonyl (C=O) groups excluding carboxylic acids is 3. The summed E-state index contributed by atoms with van der Waals surface area (Å²) >= 11 is 0. The second-order valence-electron chi connectivity index (χ2n) is 7.54. The van der Waals surface area contributed by atoms with E-state index in [-0.39, 0.29) is 48.7 Å². The molecule has 1 unspecified atom stereocenters. The van der Waals surface area contributed by atoms with Crippen molar-refractivity contribution in [3.05, 3.63) is 35.4 Å². The minimum absolute atomic E-state index is 0.0758. The lowest BCUT2D eigenvalue weighted by Crippen LogP contribution is -2.52. The Bertz CT molecular complexity index is 881. The van der Waals surface area contributed by atoms with Gasteiger partial charge in [-0.15, -0.1) is 0 Å². The highest BCUT2D eigenvalue weighted by Gasteiger charge is 2.53. The zero-order valence-electron chi connectivity index (χ0n) is 16.0. The van der Waals surface area contributed by atoms with E-state index >= 15 is 0 Å². The molecule has 1 spiro atoms. The Morgan fingerprint density at radius 3 is 2.39 bits per heavy atom. The first kappa shape index (κ1) is 20.3. The lowest BCUT2D eigenvalue weighted by molar-refractivity contribution is -0.132. The molecule has 0 saturated carbocycles. The Morgan fingerprint density at radius 2 is 1.82 bits per heavy atom. The van der Waals surface area contributed by atoms with Crippen LogP contribution >= 0.6 is 0 Å². The van der Waals surface area contributed by atoms with Gasteiger partial charge in [0.05, 0.1) is 18.1 Å². The van der Waals surface area contributed by atoms with Gasteiger partial charge in [-0.05, 0) is 43.9 Å². The summed E-state index contributed by atoms with van der Waals surface area (Å²) in [4.78, 5) is 38.4.